The van der Waals surface area contributed by atoms with E-state index in [4.69, 9.17) is 45.3 Å². The SMILES string of the molecule is C=CC(=O)Cl.C=CC(=O)Nc1ccc(OC)c(/C=C/C2CCC(F)(F)CC2)c1.CCOP(=O)(Cc1cc(Br)ccc1OC)OCC.COc1ccc(Br)cc1/C=C/C1CCC(F)(F)CC1.COc1ccc(N)cc1/C=C/C1CCC(F)(F)CC1.O=CC1CCC(F)(F)CC1. The highest BCUT2D eigenvalue weighted by molar-refractivity contribution is 9.10. The highest BCUT2D eigenvalue weighted by Gasteiger charge is 2.37. The molecule has 4 aromatic carbocycles. The van der Waals surface area contributed by atoms with E-state index in [1.165, 1.54) is 6.08 Å². The first kappa shape index (κ1) is 82.5. The van der Waals surface area contributed by atoms with Gasteiger partial charge in [0.1, 0.15) is 29.3 Å². The molecule has 4 aliphatic carbocycles. The van der Waals surface area contributed by atoms with Crippen molar-refractivity contribution in [2.75, 3.05) is 52.7 Å². The number of allylic oxidation sites excluding steroid dienone is 4. The van der Waals surface area contributed by atoms with Crippen LogP contribution in [0.5, 0.6) is 23.0 Å². The van der Waals surface area contributed by atoms with Crippen molar-refractivity contribution in [1.82, 2.24) is 0 Å². The third kappa shape index (κ3) is 31.9. The summed E-state index contributed by atoms with van der Waals surface area (Å²) in [5.74, 6) is -6.88. The molecule has 0 spiro atoms. The number of nitrogens with two attached hydrogens (primary N) is 1. The molecule has 0 aliphatic heterocycles. The number of carbonyl (C=O) groups excluding carboxylic acids is 3. The number of rotatable bonds is 20. The molecule has 4 fully saturated rings. The molecule has 4 aromatic rings. The minimum atomic E-state index is -3.10. The van der Waals surface area contributed by atoms with Crippen LogP contribution in [0.4, 0.5) is 46.5 Å². The number of aldehydes is 1. The standard InChI is InChI=1S/C18H21F2NO2.C15H17BrF2O.C15H19F2NO.C12H18BrO4P.C7H10F2O.C3H3ClO/c1-3-17(22)21-15-6-7-16(23-2)14(12-15)5-4-13-8-10-18(19,20)11-9-13;1-19-14-5-4-13(16)10-12(14)3-2-11-6-8-15(17,18)9-7-11;1-19-14-5-4-13(18)10-12(14)3-2-11-6-8-15(16,17)9-7-11;1-4-16-18(14,17-5-2)9-10-8-11(13)6-7-12(10)15-3;8-7(9)3-1-6(5-10)2-4-7;1-2-3(4)5/h3-7,12-13H,1,8-11H2,2H3,(H,21,22);2-5,10-11H,6-9H2,1H3;2-5,10-11H,6-9,18H2,1H3;6-8H,4-5,9H2,1-3H3;5-6H,1-4H2;2H,1H2/b5-4+;2*3-2+;;;. The second-order valence-electron chi connectivity index (χ2n) is 22.6. The van der Waals surface area contributed by atoms with E-state index in [1.807, 2.05) is 85.0 Å². The highest BCUT2D eigenvalue weighted by atomic mass is 79.9. The van der Waals surface area contributed by atoms with Crippen molar-refractivity contribution in [1.29, 1.82) is 0 Å². The summed E-state index contributed by atoms with van der Waals surface area (Å²) in [5, 5.41) is 2.18. The quantitative estimate of drug-likeness (QED) is 0.0216. The van der Waals surface area contributed by atoms with Gasteiger partial charge in [-0.3, -0.25) is 14.2 Å². The minimum absolute atomic E-state index is 0.00236. The molecule has 0 bridgehead atoms. The number of methoxy groups -OCH3 is 4. The fourth-order valence-corrected chi connectivity index (χ4v) is 12.6. The van der Waals surface area contributed by atoms with Gasteiger partial charge in [-0.15, -0.1) is 0 Å². The van der Waals surface area contributed by atoms with E-state index in [9.17, 15) is 54.1 Å². The molecule has 520 valence electrons. The Balaban J connectivity index is 0.000000305. The molecule has 3 N–H and O–H groups in total. The molecule has 0 radical (unpaired) electrons. The maximum Gasteiger partial charge on any atom is 0.335 e. The van der Waals surface area contributed by atoms with Crippen LogP contribution in [0.15, 0.2) is 125 Å². The Labute approximate surface area is 570 Å². The summed E-state index contributed by atoms with van der Waals surface area (Å²) in [6.45, 7) is 10.8. The zero-order valence-electron chi connectivity index (χ0n) is 54.0. The largest absolute Gasteiger partial charge is 0.496 e. The van der Waals surface area contributed by atoms with E-state index < -0.39 is 36.5 Å². The van der Waals surface area contributed by atoms with Gasteiger partial charge in [0.25, 0.3) is 0 Å². The average molecular weight is 1500 g/mol. The topological polar surface area (TPSA) is 162 Å². The zero-order valence-corrected chi connectivity index (χ0v) is 58.9. The number of nitrogen functional groups attached to an aromatic ring is 1. The zero-order chi connectivity index (χ0) is 70.1. The summed E-state index contributed by atoms with van der Waals surface area (Å²) < 4.78 is 149. The van der Waals surface area contributed by atoms with E-state index in [0.29, 0.717) is 87.5 Å². The lowest BCUT2D eigenvalue weighted by Gasteiger charge is -2.26. The van der Waals surface area contributed by atoms with Crippen LogP contribution in [0.3, 0.4) is 0 Å². The van der Waals surface area contributed by atoms with Gasteiger partial charge in [0.15, 0.2) is 0 Å². The Morgan fingerprint density at radius 1 is 0.553 bits per heavy atom. The number of benzene rings is 4. The second-order valence-corrected chi connectivity index (χ2v) is 26.9. The number of ether oxygens (including phenoxy) is 4. The Morgan fingerprint density at radius 2 is 0.894 bits per heavy atom. The van der Waals surface area contributed by atoms with E-state index in [1.54, 1.807) is 66.6 Å². The van der Waals surface area contributed by atoms with Crippen LogP contribution in [-0.4, -0.2) is 82.8 Å². The third-order valence-corrected chi connectivity index (χ3v) is 18.6. The first-order chi connectivity index (χ1) is 44.4. The fraction of sp³-hybridized carbons (Fsp3) is 0.471. The van der Waals surface area contributed by atoms with Crippen LogP contribution in [-0.2, 0) is 34.2 Å². The normalized spacial score (nSPS) is 17.7. The smallest absolute Gasteiger partial charge is 0.335 e. The van der Waals surface area contributed by atoms with Gasteiger partial charge < -0.3 is 43.8 Å². The summed E-state index contributed by atoms with van der Waals surface area (Å²) in [7, 11) is 3.27. The Kier molecular flexibility index (Phi) is 36.3. The number of halogens is 11. The molecule has 8 rings (SSSR count). The predicted molar refractivity (Wildman–Crippen MR) is 367 cm³/mol. The number of carbonyl (C=O) groups is 3. The lowest BCUT2D eigenvalue weighted by molar-refractivity contribution is -0.115. The first-order valence-electron chi connectivity index (χ1n) is 30.8. The van der Waals surface area contributed by atoms with Crippen molar-refractivity contribution in [2.24, 2.45) is 23.7 Å². The molecule has 0 heterocycles. The Bertz CT molecular complexity index is 3050. The van der Waals surface area contributed by atoms with Crippen LogP contribution in [0.25, 0.3) is 18.2 Å². The maximum absolute atomic E-state index is 13.2. The molecule has 4 saturated carbocycles. The van der Waals surface area contributed by atoms with Gasteiger partial charge in [0, 0.05) is 99.9 Å². The maximum atomic E-state index is 13.2. The van der Waals surface area contributed by atoms with Crippen molar-refractivity contribution < 1.29 is 82.1 Å². The van der Waals surface area contributed by atoms with Crippen LogP contribution in [0.1, 0.15) is 139 Å². The molecule has 0 aromatic heterocycles. The second kappa shape index (κ2) is 41.4. The third-order valence-electron chi connectivity index (χ3n) is 15.4. The molecule has 0 saturated heterocycles. The van der Waals surface area contributed by atoms with Crippen molar-refractivity contribution >= 4 is 98.1 Å². The first-order valence-corrected chi connectivity index (χ1v) is 34.5. The number of nitrogens with one attached hydrogen (secondary N) is 1. The highest BCUT2D eigenvalue weighted by Crippen LogP contribution is 2.53. The molecule has 94 heavy (non-hydrogen) atoms. The van der Waals surface area contributed by atoms with Crippen molar-refractivity contribution in [3.8, 4) is 23.0 Å². The van der Waals surface area contributed by atoms with Gasteiger partial charge in [-0.25, -0.2) is 35.1 Å². The van der Waals surface area contributed by atoms with Gasteiger partial charge in [0.05, 0.1) is 47.8 Å². The lowest BCUT2D eigenvalue weighted by Crippen LogP contribution is -2.24. The molecule has 12 nitrogen and oxygen atoms in total. The lowest BCUT2D eigenvalue weighted by atomic mass is 9.86. The number of anilines is 2. The van der Waals surface area contributed by atoms with E-state index >= 15 is 0 Å². The van der Waals surface area contributed by atoms with Crippen LogP contribution in [0.2, 0.25) is 0 Å². The average Bonchev–Trinajstić information content (AvgIpc) is 0.953. The summed E-state index contributed by atoms with van der Waals surface area (Å²) >= 11 is 11.5. The molecule has 24 heteroatoms. The molecular weight excluding hydrogens is 1410 g/mol. The van der Waals surface area contributed by atoms with E-state index in [-0.39, 0.29) is 87.1 Å². The summed E-state index contributed by atoms with van der Waals surface area (Å²) in [5.41, 5.74) is 10.5. The summed E-state index contributed by atoms with van der Waals surface area (Å²) in [6, 6.07) is 22.0. The van der Waals surface area contributed by atoms with Gasteiger partial charge in [0.2, 0.25) is 34.8 Å². The van der Waals surface area contributed by atoms with E-state index in [0.717, 1.165) is 55.1 Å². The molecule has 0 unspecified atom stereocenters. The minimum Gasteiger partial charge on any atom is -0.496 e. The number of hydrogen-bond donors (Lipinski definition) is 2. The number of hydrogen-bond acceptors (Lipinski definition) is 11. The number of amides is 1. The van der Waals surface area contributed by atoms with Crippen LogP contribution < -0.4 is 30.0 Å². The molecule has 4 aliphatic rings. The summed E-state index contributed by atoms with van der Waals surface area (Å²) in [4.78, 5) is 30.9. The van der Waals surface area contributed by atoms with Crippen LogP contribution >= 0.6 is 51.1 Å². The summed E-state index contributed by atoms with van der Waals surface area (Å²) in [6.07, 6.45) is 18.4. The van der Waals surface area contributed by atoms with Gasteiger partial charge in [-0.2, -0.15) is 0 Å². The Morgan fingerprint density at radius 3 is 1.26 bits per heavy atom. The van der Waals surface area contributed by atoms with Gasteiger partial charge in [-0.1, -0.05) is 81.5 Å². The van der Waals surface area contributed by atoms with Gasteiger partial charge in [-0.05, 0) is 180 Å². The van der Waals surface area contributed by atoms with Crippen molar-refractivity contribution in [2.45, 2.75) is 146 Å². The molecule has 1 amide bonds. The fourth-order valence-electron chi connectivity index (χ4n) is 10.1. The monoisotopic (exact) mass is 1490 g/mol. The molecule has 0 atom stereocenters. The van der Waals surface area contributed by atoms with Gasteiger partial charge >= 0.3 is 7.60 Å². The number of alkyl halides is 8. The Hall–Kier alpha value is -5.77. The van der Waals surface area contributed by atoms with Crippen LogP contribution in [0, 0.1) is 23.7 Å². The van der Waals surface area contributed by atoms with Crippen molar-refractivity contribution in [3.05, 3.63) is 148 Å². The van der Waals surface area contributed by atoms with E-state index in [2.05, 4.69) is 50.3 Å². The molecular formula is C70H88Br2ClF8N2O10P. The predicted octanol–water partition coefficient (Wildman–Crippen LogP) is 21.2. The van der Waals surface area contributed by atoms with Crippen molar-refractivity contribution in [3.63, 3.8) is 0 Å².